The Bertz CT molecular complexity index is 1140. The molecular weight excluding hydrogens is 635 g/mol. The highest BCUT2D eigenvalue weighted by Crippen LogP contribution is 2.46. The zero-order valence-electron chi connectivity index (χ0n) is 30.7. The number of Topliss-reactive ketones (excluding diaryl/α,β-unsaturated/α-hetero) is 1. The number of ether oxygens (including phenoxy) is 5. The van der Waals surface area contributed by atoms with Crippen LogP contribution in [0.2, 0.25) is 0 Å². The third kappa shape index (κ3) is 9.38. The summed E-state index contributed by atoms with van der Waals surface area (Å²) in [7, 11) is 1.42. The van der Waals surface area contributed by atoms with Gasteiger partial charge >= 0.3 is 5.97 Å². The maximum Gasteiger partial charge on any atom is 0.311 e. The van der Waals surface area contributed by atoms with Crippen LogP contribution in [0.3, 0.4) is 0 Å². The van der Waals surface area contributed by atoms with E-state index < -0.39 is 29.7 Å². The molecule has 1 N–H and O–H groups in total. The number of ketones is 2. The van der Waals surface area contributed by atoms with E-state index in [1.807, 2.05) is 27.7 Å². The molecule has 10 nitrogen and oxygen atoms in total. The summed E-state index contributed by atoms with van der Waals surface area (Å²) in [4.78, 5) is 43.7. The summed E-state index contributed by atoms with van der Waals surface area (Å²) in [5.74, 6) is -4.73. The second-order valence-corrected chi connectivity index (χ2v) is 15.4. The molecule has 1 spiro atoms. The molecule has 4 rings (SSSR count). The predicted molar refractivity (Wildman–Crippen MR) is 180 cm³/mol. The van der Waals surface area contributed by atoms with Gasteiger partial charge in [0.15, 0.2) is 0 Å². The van der Waals surface area contributed by atoms with Crippen LogP contribution in [0.25, 0.3) is 0 Å². The van der Waals surface area contributed by atoms with Crippen LogP contribution < -0.4 is 0 Å². The molecule has 4 aliphatic rings. The fourth-order valence-electron chi connectivity index (χ4n) is 8.70. The first-order valence-electron chi connectivity index (χ1n) is 18.8. The Hall–Kier alpha value is -1.76. The van der Waals surface area contributed by atoms with E-state index >= 15 is 0 Å². The zero-order chi connectivity index (χ0) is 35.9. The first kappa shape index (κ1) is 40.0. The standard InChI is InChI=1S/C38H61FO10/c1-8-27(35(42)25(5)21-24(4)30-11-10-12-31(46-30)29(9-2)36(43)44-7)20-23(3)19-26(6)37(49-39)18-16-34(41)38(48-37)17-15-33(47-38)32-14-13-28(40)22-45-32/h16,18,23-33,40H,8-15,17,19-22H2,1-7H3. The first-order chi connectivity index (χ1) is 23.3. The van der Waals surface area contributed by atoms with Crippen molar-refractivity contribution in [3.05, 3.63) is 12.2 Å². The van der Waals surface area contributed by atoms with Crippen molar-refractivity contribution in [2.75, 3.05) is 13.7 Å². The maximum absolute atomic E-state index is 14.5. The van der Waals surface area contributed by atoms with E-state index in [1.54, 1.807) is 0 Å². The van der Waals surface area contributed by atoms with Gasteiger partial charge in [0.2, 0.25) is 17.4 Å². The molecular formula is C38H61FO10. The van der Waals surface area contributed by atoms with Gasteiger partial charge in [-0.25, -0.2) is 0 Å². The largest absolute Gasteiger partial charge is 0.469 e. The van der Waals surface area contributed by atoms with Gasteiger partial charge in [0.1, 0.15) is 5.78 Å². The van der Waals surface area contributed by atoms with Gasteiger partial charge in [0.05, 0.1) is 50.2 Å². The topological polar surface area (TPSA) is 127 Å². The van der Waals surface area contributed by atoms with E-state index in [1.165, 1.54) is 19.3 Å². The molecule has 0 saturated carbocycles. The second-order valence-electron chi connectivity index (χ2n) is 15.4. The number of rotatable bonds is 16. The van der Waals surface area contributed by atoms with Crippen LogP contribution in [0.15, 0.2) is 12.2 Å². The molecule has 4 heterocycles. The van der Waals surface area contributed by atoms with E-state index in [0.29, 0.717) is 51.4 Å². The summed E-state index contributed by atoms with van der Waals surface area (Å²) in [5, 5.41) is 9.80. The molecule has 0 bridgehead atoms. The molecule has 0 aromatic heterocycles. The molecule has 4 aliphatic heterocycles. The Morgan fingerprint density at radius 1 is 1.00 bits per heavy atom. The summed E-state index contributed by atoms with van der Waals surface area (Å²) >= 11 is 0. The minimum absolute atomic E-state index is 0.00890. The first-order valence-corrected chi connectivity index (χ1v) is 18.8. The van der Waals surface area contributed by atoms with Gasteiger partial charge in [-0.1, -0.05) is 41.5 Å². The van der Waals surface area contributed by atoms with Crippen molar-refractivity contribution in [3.8, 4) is 0 Å². The van der Waals surface area contributed by atoms with Crippen molar-refractivity contribution in [1.82, 2.24) is 0 Å². The van der Waals surface area contributed by atoms with Crippen molar-refractivity contribution in [2.24, 2.45) is 35.5 Å². The van der Waals surface area contributed by atoms with Gasteiger partial charge in [-0.05, 0) is 99.1 Å². The maximum atomic E-state index is 14.5. The van der Waals surface area contributed by atoms with Gasteiger partial charge in [-0.3, -0.25) is 14.4 Å². The molecule has 0 amide bonds. The van der Waals surface area contributed by atoms with Gasteiger partial charge in [-0.15, -0.1) is 0 Å². The monoisotopic (exact) mass is 696 g/mol. The molecule has 13 unspecified atom stereocenters. The highest BCUT2D eigenvalue weighted by Gasteiger charge is 2.58. The van der Waals surface area contributed by atoms with Crippen LogP contribution in [0.5, 0.6) is 0 Å². The number of hydrogen-bond donors (Lipinski definition) is 1. The minimum atomic E-state index is -1.81. The van der Waals surface area contributed by atoms with Gasteiger partial charge in [0.25, 0.3) is 0 Å². The Morgan fingerprint density at radius 3 is 2.37 bits per heavy atom. The van der Waals surface area contributed by atoms with Gasteiger partial charge < -0.3 is 28.8 Å². The third-order valence-corrected chi connectivity index (χ3v) is 11.7. The number of halogens is 1. The molecule has 280 valence electrons. The highest BCUT2D eigenvalue weighted by molar-refractivity contribution is 5.97. The van der Waals surface area contributed by atoms with Gasteiger partial charge in [0, 0.05) is 24.2 Å². The second kappa shape index (κ2) is 17.6. The lowest BCUT2D eigenvalue weighted by atomic mass is 9.78. The molecule has 0 radical (unpaired) electrons. The van der Waals surface area contributed by atoms with Crippen LogP contribution in [0.4, 0.5) is 4.53 Å². The van der Waals surface area contributed by atoms with E-state index in [-0.39, 0.29) is 78.5 Å². The predicted octanol–water partition coefficient (Wildman–Crippen LogP) is 6.60. The van der Waals surface area contributed by atoms with E-state index in [9.17, 15) is 24.0 Å². The summed E-state index contributed by atoms with van der Waals surface area (Å²) in [6, 6.07) is 0. The quantitative estimate of drug-likeness (QED) is 0.176. The zero-order valence-corrected chi connectivity index (χ0v) is 30.7. The Kier molecular flexibility index (Phi) is 14.4. The molecule has 11 heteroatoms. The lowest BCUT2D eigenvalue weighted by Crippen LogP contribution is -2.55. The van der Waals surface area contributed by atoms with Crippen molar-refractivity contribution in [2.45, 2.75) is 161 Å². The van der Waals surface area contributed by atoms with Crippen LogP contribution in [0.1, 0.15) is 119 Å². The number of aliphatic hydroxyl groups excluding tert-OH is 1. The Morgan fingerprint density at radius 2 is 1.73 bits per heavy atom. The molecule has 49 heavy (non-hydrogen) atoms. The van der Waals surface area contributed by atoms with E-state index in [4.69, 9.17) is 23.7 Å². The highest BCUT2D eigenvalue weighted by atomic mass is 19.3. The Balaban J connectivity index is 1.32. The van der Waals surface area contributed by atoms with Crippen LogP contribution in [-0.2, 0) is 43.0 Å². The lowest BCUT2D eigenvalue weighted by molar-refractivity contribution is -0.400. The summed E-state index contributed by atoms with van der Waals surface area (Å²) in [6.45, 7) is 12.2. The Labute approximate surface area is 292 Å². The van der Waals surface area contributed by atoms with E-state index in [0.717, 1.165) is 19.3 Å². The average Bonchev–Trinajstić information content (AvgIpc) is 3.53. The van der Waals surface area contributed by atoms with Crippen LogP contribution in [-0.4, -0.2) is 78.5 Å². The summed E-state index contributed by atoms with van der Waals surface area (Å²) in [5.41, 5.74) is 0. The average molecular weight is 697 g/mol. The number of carbonyl (C=O) groups is 3. The molecule has 0 aromatic rings. The molecule has 3 saturated heterocycles. The van der Waals surface area contributed by atoms with Crippen molar-refractivity contribution in [3.63, 3.8) is 0 Å². The lowest BCUT2D eigenvalue weighted by Gasteiger charge is -2.43. The summed E-state index contributed by atoms with van der Waals surface area (Å²) < 4.78 is 44.1. The number of aliphatic hydroxyl groups is 1. The number of carbonyl (C=O) groups excluding carboxylic acids is 3. The van der Waals surface area contributed by atoms with Crippen molar-refractivity contribution in [1.29, 1.82) is 0 Å². The molecule has 13 atom stereocenters. The van der Waals surface area contributed by atoms with Gasteiger partial charge in [-0.2, -0.15) is 4.94 Å². The third-order valence-electron chi connectivity index (χ3n) is 11.7. The number of esters is 1. The number of hydrogen-bond acceptors (Lipinski definition) is 10. The molecule has 3 fully saturated rings. The SMILES string of the molecule is CCC(CC(C)CC(C)C1(OF)C=CC(=O)C2(CCC(C3CCC(O)CO3)O2)O1)C(=O)C(C)CC(C)C1CCCC(C(CC)C(=O)OC)O1. The molecule has 0 aromatic carbocycles. The molecule has 0 aliphatic carbocycles. The normalized spacial score (nSPS) is 35.8. The summed E-state index contributed by atoms with van der Waals surface area (Å²) in [6.07, 6.45) is 9.15. The number of methoxy groups -OCH3 is 1. The fraction of sp³-hybridized carbons (Fsp3) is 0.868. The van der Waals surface area contributed by atoms with Crippen LogP contribution >= 0.6 is 0 Å². The van der Waals surface area contributed by atoms with Crippen molar-refractivity contribution >= 4 is 17.5 Å². The van der Waals surface area contributed by atoms with Crippen LogP contribution in [0, 0.1) is 35.5 Å². The fourth-order valence-corrected chi connectivity index (χ4v) is 8.70. The van der Waals surface area contributed by atoms with E-state index in [2.05, 4.69) is 18.8 Å². The smallest absolute Gasteiger partial charge is 0.311 e. The minimum Gasteiger partial charge on any atom is -0.469 e. The van der Waals surface area contributed by atoms with Crippen molar-refractivity contribution < 1.29 is 52.6 Å².